The Hall–Kier alpha value is -1.40. The van der Waals surface area contributed by atoms with Crippen molar-refractivity contribution in [2.75, 3.05) is 6.54 Å². The van der Waals surface area contributed by atoms with Crippen LogP contribution in [0.1, 0.15) is 25.3 Å². The number of piperidine rings is 1. The average Bonchev–Trinajstić information content (AvgIpc) is 3.15. The van der Waals surface area contributed by atoms with Crippen molar-refractivity contribution in [3.63, 3.8) is 0 Å². The third-order valence-electron chi connectivity index (χ3n) is 5.25. The first kappa shape index (κ1) is 15.1. The highest BCUT2D eigenvalue weighted by Crippen LogP contribution is 2.54. The van der Waals surface area contributed by atoms with E-state index in [0.29, 0.717) is 6.54 Å². The first-order valence-corrected chi connectivity index (χ1v) is 8.72. The molecule has 3 aliphatic heterocycles. The fraction of sp³-hybridized carbons (Fsp3) is 0.529. The van der Waals surface area contributed by atoms with E-state index in [1.54, 1.807) is 4.90 Å². The zero-order valence-electron chi connectivity index (χ0n) is 12.8. The van der Waals surface area contributed by atoms with Gasteiger partial charge in [0, 0.05) is 16.9 Å². The number of amides is 1. The quantitative estimate of drug-likeness (QED) is 0.757. The van der Waals surface area contributed by atoms with E-state index in [2.05, 4.69) is 15.9 Å². The van der Waals surface area contributed by atoms with Crippen LogP contribution in [0.25, 0.3) is 0 Å². The SMILES string of the molecule is C[C@@H]1[C@H]2O[C@@]3(CCCN3C2=O)[C@H]1C(=O)OCc1ccc(Br)cc1. The Morgan fingerprint density at radius 2 is 2.17 bits per heavy atom. The van der Waals surface area contributed by atoms with Gasteiger partial charge in [0.05, 0.1) is 0 Å². The van der Waals surface area contributed by atoms with Gasteiger partial charge in [-0.25, -0.2) is 0 Å². The number of hydrogen-bond donors (Lipinski definition) is 0. The molecule has 1 aromatic carbocycles. The molecule has 0 unspecified atom stereocenters. The molecule has 0 aromatic heterocycles. The molecule has 2 bridgehead atoms. The number of esters is 1. The van der Waals surface area contributed by atoms with Crippen LogP contribution in [-0.4, -0.2) is 35.2 Å². The van der Waals surface area contributed by atoms with E-state index in [4.69, 9.17) is 9.47 Å². The normalized spacial score (nSPS) is 34.8. The summed E-state index contributed by atoms with van der Waals surface area (Å²) in [5, 5.41) is 0. The predicted molar refractivity (Wildman–Crippen MR) is 85.1 cm³/mol. The summed E-state index contributed by atoms with van der Waals surface area (Å²) in [5.41, 5.74) is 0.188. The van der Waals surface area contributed by atoms with Gasteiger partial charge in [-0.1, -0.05) is 35.0 Å². The molecule has 23 heavy (non-hydrogen) atoms. The lowest BCUT2D eigenvalue weighted by atomic mass is 9.80. The Balaban J connectivity index is 1.50. The van der Waals surface area contributed by atoms with Crippen LogP contribution in [0, 0.1) is 11.8 Å². The molecule has 3 heterocycles. The predicted octanol–water partition coefficient (Wildman–Crippen LogP) is 2.48. The molecule has 3 fully saturated rings. The van der Waals surface area contributed by atoms with Crippen LogP contribution in [0.5, 0.6) is 0 Å². The van der Waals surface area contributed by atoms with E-state index in [9.17, 15) is 9.59 Å². The molecule has 1 spiro atoms. The number of carbonyl (C=O) groups is 2. The zero-order chi connectivity index (χ0) is 16.2. The van der Waals surface area contributed by atoms with E-state index in [1.165, 1.54) is 0 Å². The molecule has 3 saturated heterocycles. The zero-order valence-corrected chi connectivity index (χ0v) is 14.4. The first-order valence-electron chi connectivity index (χ1n) is 7.93. The summed E-state index contributed by atoms with van der Waals surface area (Å²) >= 11 is 3.38. The van der Waals surface area contributed by atoms with Crippen LogP contribution in [0.4, 0.5) is 0 Å². The van der Waals surface area contributed by atoms with E-state index < -0.39 is 11.8 Å². The Morgan fingerprint density at radius 1 is 1.43 bits per heavy atom. The number of fused-ring (bicyclic) bond motifs is 1. The number of rotatable bonds is 3. The summed E-state index contributed by atoms with van der Waals surface area (Å²) in [7, 11) is 0. The Bertz CT molecular complexity index is 661. The van der Waals surface area contributed by atoms with Gasteiger partial charge in [0.2, 0.25) is 0 Å². The second-order valence-corrected chi connectivity index (χ2v) is 7.46. The third kappa shape index (κ3) is 2.15. The van der Waals surface area contributed by atoms with Gasteiger partial charge in [0.15, 0.2) is 5.72 Å². The van der Waals surface area contributed by atoms with E-state index in [-0.39, 0.29) is 30.3 Å². The fourth-order valence-electron chi connectivity index (χ4n) is 4.20. The van der Waals surface area contributed by atoms with E-state index >= 15 is 0 Å². The highest BCUT2D eigenvalue weighted by atomic mass is 79.9. The number of carbonyl (C=O) groups excluding carboxylic acids is 2. The standard InChI is InChI=1S/C17H18BrNO4/c1-10-13(16(21)22-9-11-3-5-12(18)6-4-11)17-7-2-8-19(17)15(20)14(10)23-17/h3-6,10,13-14H,2,7-9H2,1H3/t10-,13+,14+,17-/m0/s1. The van der Waals surface area contributed by atoms with Crippen molar-refractivity contribution in [1.29, 1.82) is 0 Å². The molecular formula is C17H18BrNO4. The molecule has 1 amide bonds. The van der Waals surface area contributed by atoms with Crippen LogP contribution in [0.15, 0.2) is 28.7 Å². The molecule has 4 atom stereocenters. The molecule has 0 N–H and O–H groups in total. The van der Waals surface area contributed by atoms with Crippen molar-refractivity contribution >= 4 is 27.8 Å². The molecule has 5 nitrogen and oxygen atoms in total. The maximum Gasteiger partial charge on any atom is 0.314 e. The van der Waals surface area contributed by atoms with Crippen LogP contribution < -0.4 is 0 Å². The minimum absolute atomic E-state index is 0.0342. The molecule has 0 saturated carbocycles. The lowest BCUT2D eigenvalue weighted by Crippen LogP contribution is -2.55. The molecule has 3 aliphatic rings. The number of benzene rings is 1. The second-order valence-electron chi connectivity index (χ2n) is 6.55. The monoisotopic (exact) mass is 379 g/mol. The minimum atomic E-state index is -0.752. The maximum absolute atomic E-state index is 12.7. The van der Waals surface area contributed by atoms with E-state index in [1.807, 2.05) is 31.2 Å². The van der Waals surface area contributed by atoms with Crippen molar-refractivity contribution < 1.29 is 19.1 Å². The third-order valence-corrected chi connectivity index (χ3v) is 5.78. The first-order chi connectivity index (χ1) is 11.0. The highest BCUT2D eigenvalue weighted by molar-refractivity contribution is 9.10. The van der Waals surface area contributed by atoms with Crippen molar-refractivity contribution in [3.05, 3.63) is 34.3 Å². The van der Waals surface area contributed by atoms with Gasteiger partial charge >= 0.3 is 5.97 Å². The van der Waals surface area contributed by atoms with Crippen LogP contribution >= 0.6 is 15.9 Å². The summed E-state index contributed by atoms with van der Waals surface area (Å²) in [6.45, 7) is 2.83. The van der Waals surface area contributed by atoms with Crippen LogP contribution in [0.3, 0.4) is 0 Å². The molecular weight excluding hydrogens is 362 g/mol. The fourth-order valence-corrected chi connectivity index (χ4v) is 4.46. The van der Waals surface area contributed by atoms with Crippen molar-refractivity contribution in [3.8, 4) is 0 Å². The van der Waals surface area contributed by atoms with Gasteiger partial charge in [-0.15, -0.1) is 0 Å². The second kappa shape index (κ2) is 5.31. The van der Waals surface area contributed by atoms with Gasteiger partial charge in [0.25, 0.3) is 5.91 Å². The molecule has 122 valence electrons. The smallest absolute Gasteiger partial charge is 0.314 e. The summed E-state index contributed by atoms with van der Waals surface area (Å²) in [6.07, 6.45) is 1.11. The van der Waals surface area contributed by atoms with Gasteiger partial charge < -0.3 is 14.4 Å². The lowest BCUT2D eigenvalue weighted by molar-refractivity contribution is -0.166. The summed E-state index contributed by atoms with van der Waals surface area (Å²) in [5.74, 6) is -0.744. The largest absolute Gasteiger partial charge is 0.460 e. The Morgan fingerprint density at radius 3 is 2.91 bits per heavy atom. The summed E-state index contributed by atoms with van der Waals surface area (Å²) < 4.78 is 12.5. The molecule has 0 aliphatic carbocycles. The number of ether oxygens (including phenoxy) is 2. The molecule has 4 rings (SSSR count). The number of nitrogens with zero attached hydrogens (tertiary/aromatic N) is 1. The average molecular weight is 380 g/mol. The number of halogens is 1. The molecule has 1 aromatic rings. The van der Waals surface area contributed by atoms with Gasteiger partial charge in [-0.2, -0.15) is 0 Å². The highest BCUT2D eigenvalue weighted by Gasteiger charge is 2.70. The topological polar surface area (TPSA) is 55.8 Å². The molecule has 6 heteroatoms. The summed E-state index contributed by atoms with van der Waals surface area (Å²) in [6, 6.07) is 7.68. The Labute approximate surface area is 143 Å². The number of hydrogen-bond acceptors (Lipinski definition) is 4. The molecule has 0 radical (unpaired) electrons. The maximum atomic E-state index is 12.7. The van der Waals surface area contributed by atoms with Gasteiger partial charge in [0.1, 0.15) is 18.6 Å². The van der Waals surface area contributed by atoms with Crippen LogP contribution in [0.2, 0.25) is 0 Å². The minimum Gasteiger partial charge on any atom is -0.460 e. The lowest BCUT2D eigenvalue weighted by Gasteiger charge is -2.37. The van der Waals surface area contributed by atoms with Crippen LogP contribution in [-0.2, 0) is 25.7 Å². The van der Waals surface area contributed by atoms with E-state index in [0.717, 1.165) is 22.9 Å². The van der Waals surface area contributed by atoms with Crippen molar-refractivity contribution in [1.82, 2.24) is 4.90 Å². The van der Waals surface area contributed by atoms with Gasteiger partial charge in [-0.05, 0) is 30.5 Å². The summed E-state index contributed by atoms with van der Waals surface area (Å²) in [4.78, 5) is 26.7. The Kier molecular flexibility index (Phi) is 3.50. The van der Waals surface area contributed by atoms with Crippen molar-refractivity contribution in [2.45, 2.75) is 38.2 Å². The van der Waals surface area contributed by atoms with Gasteiger partial charge in [-0.3, -0.25) is 9.59 Å². The van der Waals surface area contributed by atoms with Crippen molar-refractivity contribution in [2.24, 2.45) is 11.8 Å².